The summed E-state index contributed by atoms with van der Waals surface area (Å²) in [5.74, 6) is -0.674. The van der Waals surface area contributed by atoms with E-state index in [1.54, 1.807) is 4.90 Å². The summed E-state index contributed by atoms with van der Waals surface area (Å²) < 4.78 is 43.8. The van der Waals surface area contributed by atoms with E-state index in [-0.39, 0.29) is 12.2 Å². The zero-order valence-corrected chi connectivity index (χ0v) is 17.1. The van der Waals surface area contributed by atoms with Crippen molar-refractivity contribution in [2.24, 2.45) is 5.73 Å². The number of aromatic nitrogens is 2. The van der Waals surface area contributed by atoms with Gasteiger partial charge in [-0.05, 0) is 17.7 Å². The molecule has 4 rings (SSSR count). The second-order valence-electron chi connectivity index (χ2n) is 8.14. The van der Waals surface area contributed by atoms with Gasteiger partial charge in [-0.2, -0.15) is 13.2 Å². The third-order valence-corrected chi connectivity index (χ3v) is 5.81. The van der Waals surface area contributed by atoms with Crippen LogP contribution >= 0.6 is 0 Å². The minimum atomic E-state index is -4.34. The van der Waals surface area contributed by atoms with Gasteiger partial charge in [-0.1, -0.05) is 12.1 Å². The Hall–Kier alpha value is -3.21. The number of ether oxygens (including phenoxy) is 1. The van der Waals surface area contributed by atoms with Crippen LogP contribution in [0.2, 0.25) is 0 Å². The molecular formula is C21H22F3N5O3. The predicted molar refractivity (Wildman–Crippen MR) is 106 cm³/mol. The number of hydrogen-bond acceptors (Lipinski definition) is 6. The fraction of sp³-hybridized carbons (Fsp3) is 0.429. The molecule has 1 spiro atoms. The molecule has 8 nitrogen and oxygen atoms in total. The highest BCUT2D eigenvalue weighted by molar-refractivity contribution is 5.90. The Labute approximate surface area is 182 Å². The molecule has 2 fully saturated rings. The number of nitrogens with two attached hydrogens (primary N) is 1. The normalized spacial score (nSPS) is 18.7. The van der Waals surface area contributed by atoms with Gasteiger partial charge in [0.2, 0.25) is 0 Å². The van der Waals surface area contributed by atoms with Gasteiger partial charge in [0, 0.05) is 32.5 Å². The standard InChI is InChI=1S/C21H22F3N5O3/c22-21(23,24)15-3-1-14(2-4-15)11-28-7-5-20(6-8-28)13-29(19(31)32-20)12-16-9-27-17(10-26-16)18(25)30/h1-4,9-10H,5-8,11-13H2,(H2,25,30). The third kappa shape index (κ3) is 4.82. The number of halogens is 3. The summed E-state index contributed by atoms with van der Waals surface area (Å²) in [6.45, 7) is 2.49. The number of carbonyl (C=O) groups excluding carboxylic acids is 2. The van der Waals surface area contributed by atoms with E-state index in [1.807, 2.05) is 0 Å². The van der Waals surface area contributed by atoms with Gasteiger partial charge in [-0.25, -0.2) is 9.78 Å². The van der Waals surface area contributed by atoms with Gasteiger partial charge in [-0.3, -0.25) is 19.6 Å². The summed E-state index contributed by atoms with van der Waals surface area (Å²) in [7, 11) is 0. The fourth-order valence-corrected chi connectivity index (χ4v) is 4.01. The molecule has 32 heavy (non-hydrogen) atoms. The summed E-state index contributed by atoms with van der Waals surface area (Å²) in [4.78, 5) is 35.2. The monoisotopic (exact) mass is 449 g/mol. The smallest absolute Gasteiger partial charge is 0.416 e. The van der Waals surface area contributed by atoms with E-state index >= 15 is 0 Å². The van der Waals surface area contributed by atoms with Crippen LogP contribution in [0.4, 0.5) is 18.0 Å². The van der Waals surface area contributed by atoms with Crippen molar-refractivity contribution in [3.8, 4) is 0 Å². The number of primary amides is 1. The SMILES string of the molecule is NC(=O)c1cnc(CN2CC3(CCN(Cc4ccc(C(F)(F)F)cc4)CC3)OC2=O)cn1. The molecule has 0 atom stereocenters. The second-order valence-corrected chi connectivity index (χ2v) is 8.14. The molecule has 0 bridgehead atoms. The van der Waals surface area contributed by atoms with Crippen LogP contribution in [-0.2, 0) is 24.0 Å². The van der Waals surface area contributed by atoms with E-state index in [9.17, 15) is 22.8 Å². The number of piperidine rings is 1. The molecule has 2 saturated heterocycles. The van der Waals surface area contributed by atoms with Crippen molar-refractivity contribution in [3.63, 3.8) is 0 Å². The van der Waals surface area contributed by atoms with Crippen molar-refractivity contribution in [1.82, 2.24) is 19.8 Å². The maximum Gasteiger partial charge on any atom is 0.416 e. The molecule has 2 aliphatic heterocycles. The first-order valence-corrected chi connectivity index (χ1v) is 10.1. The highest BCUT2D eigenvalue weighted by Gasteiger charge is 2.47. The molecule has 170 valence electrons. The first-order chi connectivity index (χ1) is 15.1. The Balaban J connectivity index is 1.31. The van der Waals surface area contributed by atoms with E-state index in [0.29, 0.717) is 44.7 Å². The van der Waals surface area contributed by atoms with Crippen LogP contribution in [-0.4, -0.2) is 57.0 Å². The zero-order valence-electron chi connectivity index (χ0n) is 17.1. The van der Waals surface area contributed by atoms with Gasteiger partial charge in [0.15, 0.2) is 0 Å². The largest absolute Gasteiger partial charge is 0.441 e. The highest BCUT2D eigenvalue weighted by atomic mass is 19.4. The van der Waals surface area contributed by atoms with Crippen LogP contribution in [0.25, 0.3) is 0 Å². The number of amides is 2. The third-order valence-electron chi connectivity index (χ3n) is 5.81. The first kappa shape index (κ1) is 22.0. The molecular weight excluding hydrogens is 427 g/mol. The van der Waals surface area contributed by atoms with Crippen molar-refractivity contribution in [3.05, 3.63) is 59.2 Å². The van der Waals surface area contributed by atoms with Crippen molar-refractivity contribution < 1.29 is 27.5 Å². The average molecular weight is 449 g/mol. The highest BCUT2D eigenvalue weighted by Crippen LogP contribution is 2.34. The van der Waals surface area contributed by atoms with Gasteiger partial charge in [0.05, 0.1) is 36.7 Å². The summed E-state index contributed by atoms with van der Waals surface area (Å²) in [6, 6.07) is 5.18. The molecule has 2 aliphatic rings. The molecule has 11 heteroatoms. The number of nitrogens with zero attached hydrogens (tertiary/aromatic N) is 4. The first-order valence-electron chi connectivity index (χ1n) is 10.1. The maximum absolute atomic E-state index is 12.7. The fourth-order valence-electron chi connectivity index (χ4n) is 4.01. The van der Waals surface area contributed by atoms with Crippen molar-refractivity contribution in [2.45, 2.75) is 37.7 Å². The van der Waals surface area contributed by atoms with Crippen LogP contribution in [0.1, 0.15) is 40.2 Å². The summed E-state index contributed by atoms with van der Waals surface area (Å²) in [6.07, 6.45) is -0.838. The van der Waals surface area contributed by atoms with Gasteiger partial charge in [0.25, 0.3) is 5.91 Å². The lowest BCUT2D eigenvalue weighted by atomic mass is 9.91. The van der Waals surface area contributed by atoms with Crippen molar-refractivity contribution in [2.75, 3.05) is 19.6 Å². The van der Waals surface area contributed by atoms with Gasteiger partial charge in [0.1, 0.15) is 11.3 Å². The minimum absolute atomic E-state index is 0.0506. The van der Waals surface area contributed by atoms with E-state index in [4.69, 9.17) is 10.5 Å². The Morgan fingerprint density at radius 1 is 1.09 bits per heavy atom. The van der Waals surface area contributed by atoms with Gasteiger partial charge >= 0.3 is 12.3 Å². The van der Waals surface area contributed by atoms with Crippen LogP contribution < -0.4 is 5.73 Å². The number of likely N-dealkylation sites (tertiary alicyclic amines) is 1. The minimum Gasteiger partial charge on any atom is -0.441 e. The van der Waals surface area contributed by atoms with E-state index < -0.39 is 29.3 Å². The van der Waals surface area contributed by atoms with Crippen molar-refractivity contribution >= 4 is 12.0 Å². The molecule has 1 aromatic carbocycles. The number of rotatable bonds is 5. The summed E-state index contributed by atoms with van der Waals surface area (Å²) >= 11 is 0. The molecule has 2 aromatic rings. The van der Waals surface area contributed by atoms with E-state index in [0.717, 1.165) is 17.7 Å². The lowest BCUT2D eigenvalue weighted by Crippen LogP contribution is -2.46. The Kier molecular flexibility index (Phi) is 5.76. The van der Waals surface area contributed by atoms with Crippen molar-refractivity contribution in [1.29, 1.82) is 0 Å². The number of hydrogen-bond donors (Lipinski definition) is 1. The average Bonchev–Trinajstić information content (AvgIpc) is 3.04. The summed E-state index contributed by atoms with van der Waals surface area (Å²) in [5, 5.41) is 0. The second kappa shape index (κ2) is 8.38. The molecule has 2 amide bonds. The van der Waals surface area contributed by atoms with Gasteiger partial charge in [-0.15, -0.1) is 0 Å². The summed E-state index contributed by atoms with van der Waals surface area (Å²) in [5.41, 5.74) is 5.27. The molecule has 0 saturated carbocycles. The lowest BCUT2D eigenvalue weighted by Gasteiger charge is -2.37. The Morgan fingerprint density at radius 3 is 2.34 bits per heavy atom. The Bertz CT molecular complexity index is 987. The Morgan fingerprint density at radius 2 is 1.78 bits per heavy atom. The topological polar surface area (TPSA) is 102 Å². The van der Waals surface area contributed by atoms with Crippen LogP contribution in [0.15, 0.2) is 36.7 Å². The van der Waals surface area contributed by atoms with Crippen LogP contribution in [0.5, 0.6) is 0 Å². The van der Waals surface area contributed by atoms with Crippen LogP contribution in [0.3, 0.4) is 0 Å². The van der Waals surface area contributed by atoms with E-state index in [2.05, 4.69) is 14.9 Å². The van der Waals surface area contributed by atoms with Gasteiger partial charge < -0.3 is 10.5 Å². The molecule has 0 radical (unpaired) electrons. The predicted octanol–water partition coefficient (Wildman–Crippen LogP) is 2.58. The molecule has 3 heterocycles. The maximum atomic E-state index is 12.7. The quantitative estimate of drug-likeness (QED) is 0.753. The van der Waals surface area contributed by atoms with Crippen LogP contribution in [0, 0.1) is 0 Å². The molecule has 2 N–H and O–H groups in total. The zero-order chi connectivity index (χ0) is 22.9. The molecule has 1 aromatic heterocycles. The van der Waals surface area contributed by atoms with E-state index in [1.165, 1.54) is 24.5 Å². The number of benzene rings is 1. The molecule has 0 unspecified atom stereocenters. The lowest BCUT2D eigenvalue weighted by molar-refractivity contribution is -0.137. The number of alkyl halides is 3. The molecule has 0 aliphatic carbocycles. The number of carbonyl (C=O) groups is 2.